The van der Waals surface area contributed by atoms with Gasteiger partial charge >= 0.3 is 0 Å². The van der Waals surface area contributed by atoms with Crippen LogP contribution in [0.1, 0.15) is 38.8 Å². The Morgan fingerprint density at radius 3 is 1.44 bits per heavy atom. The van der Waals surface area contributed by atoms with Gasteiger partial charge in [0, 0.05) is 73.2 Å². The number of pyridine rings is 1. The van der Waals surface area contributed by atoms with E-state index in [1.807, 2.05) is 30.3 Å². The van der Waals surface area contributed by atoms with Gasteiger partial charge in [-0.05, 0) is 64.1 Å². The van der Waals surface area contributed by atoms with Crippen LogP contribution < -0.4 is 9.80 Å². The van der Waals surface area contributed by atoms with Crippen LogP contribution in [0.4, 0.5) is 23.0 Å². The largest absolute Gasteiger partial charge is 0.507 e. The third-order valence-electron chi connectivity index (χ3n) is 5.68. The minimum atomic E-state index is 0.172. The number of hydrogen-bond donors (Lipinski definition) is 2. The molecule has 0 amide bonds. The maximum Gasteiger partial charge on any atom is 0.154 e. The van der Waals surface area contributed by atoms with E-state index in [4.69, 9.17) is 0 Å². The molecular formula is C27H33N5O2. The van der Waals surface area contributed by atoms with Crippen LogP contribution in [0.25, 0.3) is 0 Å². The number of aromatic nitrogens is 1. The average Bonchev–Trinajstić information content (AvgIpc) is 2.85. The fourth-order valence-electron chi connectivity index (χ4n) is 3.68. The van der Waals surface area contributed by atoms with Crippen LogP contribution in [0.15, 0.2) is 64.6 Å². The number of hydrogen-bond acceptors (Lipinski definition) is 7. The molecule has 178 valence electrons. The zero-order valence-electron chi connectivity index (χ0n) is 20.3. The molecule has 2 N–H and O–H groups in total. The third kappa shape index (κ3) is 6.13. The van der Waals surface area contributed by atoms with E-state index in [1.54, 1.807) is 36.7 Å². The molecule has 0 bridgehead atoms. The summed E-state index contributed by atoms with van der Waals surface area (Å²) in [5.41, 5.74) is 3.18. The quantitative estimate of drug-likeness (QED) is 0.381. The van der Waals surface area contributed by atoms with Crippen molar-refractivity contribution in [1.82, 2.24) is 4.98 Å². The summed E-state index contributed by atoms with van der Waals surface area (Å²) in [7, 11) is 0. The van der Waals surface area contributed by atoms with Crippen LogP contribution in [0.5, 0.6) is 11.5 Å². The summed E-state index contributed by atoms with van der Waals surface area (Å²) < 4.78 is 0. The zero-order chi connectivity index (χ0) is 24.5. The molecule has 0 radical (unpaired) electrons. The van der Waals surface area contributed by atoms with Gasteiger partial charge in [-0.15, -0.1) is 0 Å². The van der Waals surface area contributed by atoms with Crippen molar-refractivity contribution in [2.75, 3.05) is 36.0 Å². The van der Waals surface area contributed by atoms with Crippen molar-refractivity contribution in [2.24, 2.45) is 9.98 Å². The molecule has 0 aliphatic carbocycles. The number of aliphatic imine (C=N–C) groups is 2. The summed E-state index contributed by atoms with van der Waals surface area (Å²) in [5.74, 6) is 1.29. The van der Waals surface area contributed by atoms with Gasteiger partial charge in [0.15, 0.2) is 11.6 Å². The Morgan fingerprint density at radius 2 is 1.09 bits per heavy atom. The van der Waals surface area contributed by atoms with Gasteiger partial charge in [0.2, 0.25) is 0 Å². The summed E-state index contributed by atoms with van der Waals surface area (Å²) in [4.78, 5) is 17.6. The fourth-order valence-corrected chi connectivity index (χ4v) is 3.68. The van der Waals surface area contributed by atoms with Crippen molar-refractivity contribution in [2.45, 2.75) is 27.7 Å². The normalized spacial score (nSPS) is 11.4. The van der Waals surface area contributed by atoms with E-state index in [0.29, 0.717) is 22.8 Å². The van der Waals surface area contributed by atoms with Crippen molar-refractivity contribution in [3.05, 3.63) is 65.7 Å². The third-order valence-corrected chi connectivity index (χ3v) is 5.68. The first-order valence-electron chi connectivity index (χ1n) is 11.7. The minimum absolute atomic E-state index is 0.172. The number of anilines is 2. The molecule has 0 fully saturated rings. The summed E-state index contributed by atoms with van der Waals surface area (Å²) in [6.45, 7) is 11.8. The second-order valence-corrected chi connectivity index (χ2v) is 7.70. The molecule has 1 heterocycles. The monoisotopic (exact) mass is 459 g/mol. The number of phenols is 2. The van der Waals surface area contributed by atoms with Crippen molar-refractivity contribution in [3.63, 3.8) is 0 Å². The molecule has 7 nitrogen and oxygen atoms in total. The second kappa shape index (κ2) is 11.8. The lowest BCUT2D eigenvalue weighted by Gasteiger charge is -2.21. The van der Waals surface area contributed by atoms with E-state index >= 15 is 0 Å². The fraction of sp³-hybridized carbons (Fsp3) is 0.296. The number of rotatable bonds is 10. The highest BCUT2D eigenvalue weighted by Crippen LogP contribution is 2.26. The van der Waals surface area contributed by atoms with E-state index in [0.717, 1.165) is 37.6 Å². The number of aromatic hydroxyl groups is 2. The maximum atomic E-state index is 10.4. The summed E-state index contributed by atoms with van der Waals surface area (Å²) in [6.07, 6.45) is 3.18. The van der Waals surface area contributed by atoms with Crippen LogP contribution in [0, 0.1) is 0 Å². The molecule has 34 heavy (non-hydrogen) atoms. The van der Waals surface area contributed by atoms with E-state index < -0.39 is 0 Å². The standard InChI is InChI=1S/C27H33N5O2/c1-5-31(6-2)22-14-12-20(24(33)16-22)18-28-26-10-9-11-27(30-26)29-19-21-13-15-23(17-25(21)34)32(7-3)8-4/h9-19,33-34H,5-8H2,1-4H3/b28-18+,29-19?. The van der Waals surface area contributed by atoms with Gasteiger partial charge in [-0.25, -0.2) is 15.0 Å². The van der Waals surface area contributed by atoms with Gasteiger partial charge in [0.05, 0.1) is 0 Å². The van der Waals surface area contributed by atoms with Crippen molar-refractivity contribution in [1.29, 1.82) is 0 Å². The molecule has 0 aliphatic heterocycles. The predicted octanol–water partition coefficient (Wildman–Crippen LogP) is 5.69. The molecule has 7 heteroatoms. The molecule has 0 unspecified atom stereocenters. The highest BCUT2D eigenvalue weighted by atomic mass is 16.3. The molecule has 1 aromatic heterocycles. The Hall–Kier alpha value is -3.87. The average molecular weight is 460 g/mol. The highest BCUT2D eigenvalue weighted by molar-refractivity contribution is 5.87. The Bertz CT molecular complexity index is 1060. The maximum absolute atomic E-state index is 10.4. The Morgan fingerprint density at radius 1 is 0.676 bits per heavy atom. The van der Waals surface area contributed by atoms with Gasteiger partial charge in [-0.3, -0.25) is 0 Å². The lowest BCUT2D eigenvalue weighted by molar-refractivity contribution is 0.474. The van der Waals surface area contributed by atoms with Crippen LogP contribution in [-0.4, -0.2) is 53.8 Å². The molecule has 3 rings (SSSR count). The van der Waals surface area contributed by atoms with E-state index in [9.17, 15) is 10.2 Å². The SMILES string of the molecule is CCN(CC)c1ccc(C=Nc2cccc(/N=C/c3ccc(N(CC)CC)cc3O)n2)c(O)c1. The van der Waals surface area contributed by atoms with E-state index in [1.165, 1.54) is 0 Å². The van der Waals surface area contributed by atoms with Crippen molar-refractivity contribution >= 4 is 35.4 Å². The molecule has 0 saturated heterocycles. The van der Waals surface area contributed by atoms with Crippen LogP contribution >= 0.6 is 0 Å². The smallest absolute Gasteiger partial charge is 0.154 e. The number of nitrogens with zero attached hydrogens (tertiary/aromatic N) is 5. The first-order chi connectivity index (χ1) is 16.5. The van der Waals surface area contributed by atoms with E-state index in [-0.39, 0.29) is 11.5 Å². The van der Waals surface area contributed by atoms with Gasteiger partial charge in [-0.2, -0.15) is 0 Å². The van der Waals surface area contributed by atoms with Crippen molar-refractivity contribution < 1.29 is 10.2 Å². The molecule has 0 saturated carbocycles. The van der Waals surface area contributed by atoms with Crippen LogP contribution in [0.3, 0.4) is 0 Å². The lowest BCUT2D eigenvalue weighted by atomic mass is 10.2. The van der Waals surface area contributed by atoms with Crippen LogP contribution in [0.2, 0.25) is 0 Å². The first-order valence-corrected chi connectivity index (χ1v) is 11.7. The molecule has 0 atom stereocenters. The highest BCUT2D eigenvalue weighted by Gasteiger charge is 2.07. The summed E-state index contributed by atoms with van der Waals surface area (Å²) in [5, 5.41) is 20.8. The second-order valence-electron chi connectivity index (χ2n) is 7.70. The molecule has 3 aromatic rings. The van der Waals surface area contributed by atoms with E-state index in [2.05, 4.69) is 52.5 Å². The lowest BCUT2D eigenvalue weighted by Crippen LogP contribution is -2.21. The predicted molar refractivity (Wildman–Crippen MR) is 142 cm³/mol. The first kappa shape index (κ1) is 24.8. The van der Waals surface area contributed by atoms with Gasteiger partial charge in [0.1, 0.15) is 11.5 Å². The Labute approximate surface area is 201 Å². The summed E-state index contributed by atoms with van der Waals surface area (Å²) in [6, 6.07) is 16.5. The molecule has 2 aromatic carbocycles. The van der Waals surface area contributed by atoms with Crippen LogP contribution in [-0.2, 0) is 0 Å². The summed E-state index contributed by atoms with van der Waals surface area (Å²) >= 11 is 0. The zero-order valence-corrected chi connectivity index (χ0v) is 20.3. The Kier molecular flexibility index (Phi) is 8.62. The minimum Gasteiger partial charge on any atom is -0.507 e. The van der Waals surface area contributed by atoms with Gasteiger partial charge in [0.25, 0.3) is 0 Å². The van der Waals surface area contributed by atoms with Gasteiger partial charge < -0.3 is 20.0 Å². The topological polar surface area (TPSA) is 84.6 Å². The number of benzene rings is 2. The Balaban J connectivity index is 1.74. The number of phenolic OH excluding ortho intramolecular Hbond substituents is 2. The molecular weight excluding hydrogens is 426 g/mol. The van der Waals surface area contributed by atoms with Gasteiger partial charge in [-0.1, -0.05) is 6.07 Å². The van der Waals surface area contributed by atoms with Crippen molar-refractivity contribution in [3.8, 4) is 11.5 Å². The molecule has 0 aliphatic rings. The molecule has 0 spiro atoms.